The molecular formula is C11H14BN5O3. The number of nitrogens with two attached hydrogens (primary N) is 1. The normalized spacial score (nSPS) is 19.3. The van der Waals surface area contributed by atoms with Crippen LogP contribution in [0.1, 0.15) is 36.1 Å². The third-order valence-electron chi connectivity index (χ3n) is 3.38. The molecule has 0 aromatic carbocycles. The number of imidazole rings is 1. The summed E-state index contributed by atoms with van der Waals surface area (Å²) in [6, 6.07) is 0. The van der Waals surface area contributed by atoms with Gasteiger partial charge in [0.05, 0.1) is 5.72 Å². The van der Waals surface area contributed by atoms with Crippen LogP contribution in [0.15, 0.2) is 0 Å². The zero-order valence-electron chi connectivity index (χ0n) is 11.0. The summed E-state index contributed by atoms with van der Waals surface area (Å²) in [5, 5.41) is 9.04. The van der Waals surface area contributed by atoms with Gasteiger partial charge in [-0.15, -0.1) is 0 Å². The maximum absolute atomic E-state index is 11.0. The number of rotatable bonds is 2. The third-order valence-corrected chi connectivity index (χ3v) is 3.38. The molecule has 0 radical (unpaired) electrons. The molecule has 2 aromatic rings. The lowest BCUT2D eigenvalue weighted by atomic mass is 10.1. The number of aromatic nitrogens is 4. The summed E-state index contributed by atoms with van der Waals surface area (Å²) < 4.78 is 7.53. The number of nitrogens with zero attached hydrogens (tertiary/aromatic N) is 4. The molecule has 0 amide bonds. The summed E-state index contributed by atoms with van der Waals surface area (Å²) in [6.07, 6.45) is 2.75. The van der Waals surface area contributed by atoms with Crippen molar-refractivity contribution in [2.45, 2.75) is 25.5 Å². The summed E-state index contributed by atoms with van der Waals surface area (Å²) in [6.45, 7) is 0.677. The average molecular weight is 275 g/mol. The van der Waals surface area contributed by atoms with E-state index in [1.807, 2.05) is 7.85 Å². The molecule has 1 unspecified atom stereocenters. The van der Waals surface area contributed by atoms with Gasteiger partial charge in [0.25, 0.3) is 0 Å². The van der Waals surface area contributed by atoms with E-state index in [-0.39, 0.29) is 17.9 Å². The van der Waals surface area contributed by atoms with Crippen molar-refractivity contribution < 1.29 is 14.6 Å². The summed E-state index contributed by atoms with van der Waals surface area (Å²) >= 11 is 0. The van der Waals surface area contributed by atoms with E-state index in [0.717, 1.165) is 19.3 Å². The minimum Gasteiger partial charge on any atom is -0.475 e. The summed E-state index contributed by atoms with van der Waals surface area (Å²) in [7, 11) is 1.82. The van der Waals surface area contributed by atoms with Gasteiger partial charge in [-0.2, -0.15) is 0 Å². The number of ether oxygens (including phenoxy) is 1. The second kappa shape index (κ2) is 4.75. The van der Waals surface area contributed by atoms with Crippen LogP contribution in [0.2, 0.25) is 0 Å². The first-order chi connectivity index (χ1) is 9.58. The number of carboxylic acid groups (broad SMARTS) is 1. The Morgan fingerprint density at radius 2 is 2.20 bits per heavy atom. The predicted octanol–water partition coefficient (Wildman–Crippen LogP) is -0.936. The van der Waals surface area contributed by atoms with E-state index in [2.05, 4.69) is 15.0 Å². The molecule has 1 fully saturated rings. The van der Waals surface area contributed by atoms with Gasteiger partial charge in [-0.3, -0.25) is 4.57 Å². The molecule has 3 N–H and O–H groups in total. The van der Waals surface area contributed by atoms with Crippen molar-refractivity contribution in [3.8, 4) is 0 Å². The summed E-state index contributed by atoms with van der Waals surface area (Å²) in [5.74, 6) is -1.47. The van der Waals surface area contributed by atoms with Gasteiger partial charge in [0.2, 0.25) is 5.82 Å². The Morgan fingerprint density at radius 3 is 2.85 bits per heavy atom. The Balaban J connectivity index is 2.19. The minimum atomic E-state index is -1.21. The number of fused-ring (bicyclic) bond motifs is 1. The number of hydrogen-bond donors (Lipinski definition) is 2. The second-order valence-corrected chi connectivity index (χ2v) is 4.76. The zero-order valence-corrected chi connectivity index (χ0v) is 11.0. The topological polar surface area (TPSA) is 116 Å². The maximum atomic E-state index is 11.0. The number of carbonyl (C=O) groups is 1. The lowest BCUT2D eigenvalue weighted by Crippen LogP contribution is -2.28. The standard InChI is InChI=1S/C11H14BN5O3/c12-11-14-6-7(13)15-8(10(18)19)16-9(6)17(11)5-3-1-2-4-20-5/h5H,1-4,12H2,(H,18,19)(H2,13,15,16). The molecule has 9 heteroatoms. The smallest absolute Gasteiger partial charge is 0.374 e. The summed E-state index contributed by atoms with van der Waals surface area (Å²) in [4.78, 5) is 23.2. The molecule has 20 heavy (non-hydrogen) atoms. The van der Waals surface area contributed by atoms with Crippen molar-refractivity contribution in [2.24, 2.45) is 0 Å². The van der Waals surface area contributed by atoms with E-state index < -0.39 is 5.97 Å². The number of hydrogen-bond acceptors (Lipinski definition) is 6. The number of carboxylic acids is 1. The molecule has 1 aliphatic rings. The highest BCUT2D eigenvalue weighted by atomic mass is 16.5. The van der Waals surface area contributed by atoms with Gasteiger partial charge < -0.3 is 15.6 Å². The van der Waals surface area contributed by atoms with Gasteiger partial charge in [-0.05, 0) is 19.3 Å². The molecule has 0 spiro atoms. The van der Waals surface area contributed by atoms with Crippen molar-refractivity contribution in [1.82, 2.24) is 19.5 Å². The van der Waals surface area contributed by atoms with Crippen molar-refractivity contribution in [2.75, 3.05) is 12.3 Å². The number of aromatic carboxylic acids is 1. The first-order valence-electron chi connectivity index (χ1n) is 6.45. The molecule has 104 valence electrons. The van der Waals surface area contributed by atoms with Gasteiger partial charge in [-0.25, -0.2) is 19.7 Å². The highest BCUT2D eigenvalue weighted by Gasteiger charge is 2.23. The molecule has 1 saturated heterocycles. The van der Waals surface area contributed by atoms with Gasteiger partial charge in [0.1, 0.15) is 11.7 Å². The van der Waals surface area contributed by atoms with Gasteiger partial charge >= 0.3 is 5.97 Å². The molecule has 0 aliphatic carbocycles. The SMILES string of the molecule is Bc1nc2c(N)nc(C(=O)O)nc2n1C1CCCCO1. The quantitative estimate of drug-likeness (QED) is 0.679. The Hall–Kier alpha value is -2.16. The Morgan fingerprint density at radius 1 is 1.40 bits per heavy atom. The first-order valence-corrected chi connectivity index (χ1v) is 6.45. The zero-order chi connectivity index (χ0) is 14.3. The number of nitrogen functional groups attached to an aromatic ring is 1. The van der Waals surface area contributed by atoms with Crippen LogP contribution in [0.5, 0.6) is 0 Å². The first kappa shape index (κ1) is 12.9. The van der Waals surface area contributed by atoms with Crippen LogP contribution in [0, 0.1) is 0 Å². The van der Waals surface area contributed by atoms with Crippen LogP contribution >= 0.6 is 0 Å². The Kier molecular flexibility index (Phi) is 3.05. The lowest BCUT2D eigenvalue weighted by Gasteiger charge is -2.25. The largest absolute Gasteiger partial charge is 0.475 e. The van der Waals surface area contributed by atoms with Crippen molar-refractivity contribution in [3.63, 3.8) is 0 Å². The molecular weight excluding hydrogens is 261 g/mol. The van der Waals surface area contributed by atoms with Crippen molar-refractivity contribution >= 4 is 36.5 Å². The fraction of sp³-hybridized carbons (Fsp3) is 0.455. The molecule has 0 saturated carbocycles. The van der Waals surface area contributed by atoms with Gasteiger partial charge in [-0.1, -0.05) is 0 Å². The van der Waals surface area contributed by atoms with Gasteiger partial charge in [0.15, 0.2) is 19.3 Å². The predicted molar refractivity (Wildman–Crippen MR) is 73.7 cm³/mol. The second-order valence-electron chi connectivity index (χ2n) is 4.76. The Bertz CT molecular complexity index is 680. The van der Waals surface area contributed by atoms with Crippen LogP contribution < -0.4 is 11.5 Å². The third kappa shape index (κ3) is 1.99. The van der Waals surface area contributed by atoms with E-state index >= 15 is 0 Å². The fourth-order valence-corrected chi connectivity index (χ4v) is 2.47. The van der Waals surface area contributed by atoms with E-state index in [4.69, 9.17) is 15.6 Å². The van der Waals surface area contributed by atoms with E-state index in [9.17, 15) is 4.79 Å². The summed E-state index contributed by atoms with van der Waals surface area (Å²) in [5.41, 5.74) is 7.30. The fourth-order valence-electron chi connectivity index (χ4n) is 2.47. The minimum absolute atomic E-state index is 0.0741. The van der Waals surface area contributed by atoms with Crippen LogP contribution in [0.4, 0.5) is 5.82 Å². The van der Waals surface area contributed by atoms with E-state index in [1.54, 1.807) is 4.57 Å². The molecule has 8 nitrogen and oxygen atoms in total. The maximum Gasteiger partial charge on any atom is 0.374 e. The molecule has 1 atom stereocenters. The van der Waals surface area contributed by atoms with E-state index in [1.165, 1.54) is 0 Å². The van der Waals surface area contributed by atoms with Gasteiger partial charge in [0, 0.05) is 6.61 Å². The van der Waals surface area contributed by atoms with Crippen LogP contribution in [-0.2, 0) is 4.74 Å². The highest BCUT2D eigenvalue weighted by Crippen LogP contribution is 2.25. The lowest BCUT2D eigenvalue weighted by molar-refractivity contribution is -0.0279. The molecule has 3 rings (SSSR count). The molecule has 2 aromatic heterocycles. The number of anilines is 1. The van der Waals surface area contributed by atoms with Crippen LogP contribution in [0.3, 0.4) is 0 Å². The monoisotopic (exact) mass is 275 g/mol. The average Bonchev–Trinajstić information content (AvgIpc) is 2.76. The van der Waals surface area contributed by atoms with E-state index in [0.29, 0.717) is 23.5 Å². The van der Waals surface area contributed by atoms with Crippen molar-refractivity contribution in [3.05, 3.63) is 5.82 Å². The van der Waals surface area contributed by atoms with Crippen LogP contribution in [-0.4, -0.2) is 45.0 Å². The highest BCUT2D eigenvalue weighted by molar-refractivity contribution is 6.30. The molecule has 0 bridgehead atoms. The van der Waals surface area contributed by atoms with Crippen molar-refractivity contribution in [1.29, 1.82) is 0 Å². The Labute approximate surface area is 115 Å². The van der Waals surface area contributed by atoms with Crippen LogP contribution in [0.25, 0.3) is 11.2 Å². The molecule has 1 aliphatic heterocycles. The molecule has 3 heterocycles.